The summed E-state index contributed by atoms with van der Waals surface area (Å²) in [7, 11) is 0. The molecule has 7 heteroatoms. The van der Waals surface area contributed by atoms with Crippen molar-refractivity contribution in [1.29, 1.82) is 0 Å². The maximum atomic E-state index is 12.2. The van der Waals surface area contributed by atoms with Crippen LogP contribution in [0.5, 0.6) is 0 Å². The van der Waals surface area contributed by atoms with Gasteiger partial charge in [0, 0.05) is 11.3 Å². The minimum absolute atomic E-state index is 0.173. The molecule has 0 fully saturated rings. The molecule has 0 aromatic heterocycles. The Morgan fingerprint density at radius 3 is 2.42 bits per heavy atom. The SMILES string of the molecule is CCc1cccc(C)c1NC(=O)COC(=O)c1cccc(C)c1[N+](=O)[O-]. The zero-order chi connectivity index (χ0) is 19.3. The average molecular weight is 356 g/mol. The maximum Gasteiger partial charge on any atom is 0.345 e. The number of nitrogens with zero attached hydrogens (tertiary/aromatic N) is 1. The highest BCUT2D eigenvalue weighted by Crippen LogP contribution is 2.24. The van der Waals surface area contributed by atoms with Gasteiger partial charge in [0.2, 0.25) is 0 Å². The Labute approximate surface area is 151 Å². The Balaban J connectivity index is 2.08. The largest absolute Gasteiger partial charge is 0.452 e. The Bertz CT molecular complexity index is 861. The molecule has 1 amide bonds. The molecule has 0 radical (unpaired) electrons. The predicted molar refractivity (Wildman–Crippen MR) is 97.3 cm³/mol. The second-order valence-electron chi connectivity index (χ2n) is 5.82. The molecule has 2 aromatic carbocycles. The van der Waals surface area contributed by atoms with Gasteiger partial charge in [0.15, 0.2) is 6.61 Å². The molecule has 0 spiro atoms. The molecule has 7 nitrogen and oxygen atoms in total. The number of esters is 1. The monoisotopic (exact) mass is 356 g/mol. The second-order valence-corrected chi connectivity index (χ2v) is 5.82. The standard InChI is InChI=1S/C19H20N2O5/c1-4-14-9-5-7-12(2)17(14)20-16(22)11-26-19(23)15-10-6-8-13(3)18(15)21(24)25/h5-10H,4,11H2,1-3H3,(H,20,22). The van der Waals surface area contributed by atoms with E-state index < -0.39 is 23.4 Å². The lowest BCUT2D eigenvalue weighted by atomic mass is 10.1. The van der Waals surface area contributed by atoms with Crippen molar-refractivity contribution in [3.05, 3.63) is 68.8 Å². The van der Waals surface area contributed by atoms with Crippen molar-refractivity contribution in [2.45, 2.75) is 27.2 Å². The zero-order valence-corrected chi connectivity index (χ0v) is 14.9. The molecule has 0 unspecified atom stereocenters. The van der Waals surface area contributed by atoms with Crippen molar-refractivity contribution < 1.29 is 19.2 Å². The third-order valence-electron chi connectivity index (χ3n) is 3.98. The van der Waals surface area contributed by atoms with E-state index in [9.17, 15) is 19.7 Å². The topological polar surface area (TPSA) is 98.5 Å². The van der Waals surface area contributed by atoms with Gasteiger partial charge < -0.3 is 10.1 Å². The van der Waals surface area contributed by atoms with Crippen LogP contribution >= 0.6 is 0 Å². The van der Waals surface area contributed by atoms with Gasteiger partial charge in [0.25, 0.3) is 11.6 Å². The molecular formula is C19H20N2O5. The van der Waals surface area contributed by atoms with Gasteiger partial charge in [-0.15, -0.1) is 0 Å². The molecule has 1 N–H and O–H groups in total. The Morgan fingerprint density at radius 1 is 1.12 bits per heavy atom. The summed E-state index contributed by atoms with van der Waals surface area (Å²) >= 11 is 0. The molecule has 136 valence electrons. The first-order valence-corrected chi connectivity index (χ1v) is 8.14. The molecule has 0 bridgehead atoms. The van der Waals surface area contributed by atoms with Crippen LogP contribution in [0.15, 0.2) is 36.4 Å². The first-order valence-electron chi connectivity index (χ1n) is 8.14. The number of nitrogens with one attached hydrogen (secondary N) is 1. The van der Waals surface area contributed by atoms with Gasteiger partial charge in [-0.05, 0) is 37.5 Å². The Morgan fingerprint density at radius 2 is 1.77 bits per heavy atom. The molecule has 0 heterocycles. The van der Waals surface area contributed by atoms with Gasteiger partial charge in [-0.3, -0.25) is 14.9 Å². The molecule has 26 heavy (non-hydrogen) atoms. The number of anilines is 1. The number of ether oxygens (including phenoxy) is 1. The van der Waals surface area contributed by atoms with E-state index in [-0.39, 0.29) is 11.3 Å². The Kier molecular flexibility index (Phi) is 6.06. The van der Waals surface area contributed by atoms with Crippen molar-refractivity contribution in [3.63, 3.8) is 0 Å². The Hall–Kier alpha value is -3.22. The molecule has 0 saturated carbocycles. The van der Waals surface area contributed by atoms with Gasteiger partial charge in [0.1, 0.15) is 5.56 Å². The van der Waals surface area contributed by atoms with Crippen LogP contribution in [0.1, 0.15) is 34.0 Å². The van der Waals surface area contributed by atoms with E-state index in [0.717, 1.165) is 17.5 Å². The van der Waals surface area contributed by atoms with Gasteiger partial charge in [-0.25, -0.2) is 4.79 Å². The normalized spacial score (nSPS) is 10.3. The number of hydrogen-bond acceptors (Lipinski definition) is 5. The van der Waals surface area contributed by atoms with Crippen molar-refractivity contribution in [1.82, 2.24) is 0 Å². The van der Waals surface area contributed by atoms with E-state index in [4.69, 9.17) is 4.74 Å². The smallest absolute Gasteiger partial charge is 0.345 e. The van der Waals surface area contributed by atoms with E-state index in [0.29, 0.717) is 11.3 Å². The number of rotatable bonds is 6. The molecular weight excluding hydrogens is 336 g/mol. The number of benzene rings is 2. The summed E-state index contributed by atoms with van der Waals surface area (Å²) in [6, 6.07) is 10.1. The first-order chi connectivity index (χ1) is 12.3. The molecule has 0 aliphatic carbocycles. The predicted octanol–water partition coefficient (Wildman–Crippen LogP) is 3.57. The lowest BCUT2D eigenvalue weighted by Crippen LogP contribution is -2.22. The molecule has 2 rings (SSSR count). The summed E-state index contributed by atoms with van der Waals surface area (Å²) in [6.07, 6.45) is 0.743. The minimum Gasteiger partial charge on any atom is -0.452 e. The number of carbonyl (C=O) groups excluding carboxylic acids is 2. The number of aryl methyl sites for hydroxylation is 3. The molecule has 2 aromatic rings. The van der Waals surface area contributed by atoms with Crippen LogP contribution in [0.25, 0.3) is 0 Å². The summed E-state index contributed by atoms with van der Waals surface area (Å²) in [5.41, 5.74) is 2.43. The molecule has 0 aliphatic rings. The summed E-state index contributed by atoms with van der Waals surface area (Å²) in [6.45, 7) is 4.85. The van der Waals surface area contributed by atoms with Gasteiger partial charge in [-0.1, -0.05) is 37.3 Å². The maximum absolute atomic E-state index is 12.2. The second kappa shape index (κ2) is 8.24. The van der Waals surface area contributed by atoms with E-state index in [1.807, 2.05) is 32.0 Å². The van der Waals surface area contributed by atoms with Crippen LogP contribution in [0.3, 0.4) is 0 Å². The lowest BCUT2D eigenvalue weighted by molar-refractivity contribution is -0.385. The van der Waals surface area contributed by atoms with Crippen molar-refractivity contribution >= 4 is 23.3 Å². The zero-order valence-electron chi connectivity index (χ0n) is 14.9. The van der Waals surface area contributed by atoms with Crippen LogP contribution in [-0.4, -0.2) is 23.4 Å². The number of nitro groups is 1. The summed E-state index contributed by atoms with van der Waals surface area (Å²) in [5, 5.41) is 13.9. The lowest BCUT2D eigenvalue weighted by Gasteiger charge is -2.13. The van der Waals surface area contributed by atoms with E-state index in [1.54, 1.807) is 0 Å². The van der Waals surface area contributed by atoms with Crippen LogP contribution in [0, 0.1) is 24.0 Å². The highest BCUT2D eigenvalue weighted by Gasteiger charge is 2.24. The first kappa shape index (κ1) is 19.1. The van der Waals surface area contributed by atoms with Gasteiger partial charge in [0.05, 0.1) is 4.92 Å². The summed E-state index contributed by atoms with van der Waals surface area (Å²) < 4.78 is 4.97. The van der Waals surface area contributed by atoms with Gasteiger partial charge >= 0.3 is 5.97 Å². The van der Waals surface area contributed by atoms with Gasteiger partial charge in [-0.2, -0.15) is 0 Å². The van der Waals surface area contributed by atoms with Crippen LogP contribution in [0.4, 0.5) is 11.4 Å². The van der Waals surface area contributed by atoms with Crippen molar-refractivity contribution in [3.8, 4) is 0 Å². The molecule has 0 saturated heterocycles. The number of amides is 1. The molecule has 0 atom stereocenters. The summed E-state index contributed by atoms with van der Waals surface area (Å²) in [4.78, 5) is 34.8. The fourth-order valence-corrected chi connectivity index (χ4v) is 2.65. The highest BCUT2D eigenvalue weighted by atomic mass is 16.6. The molecule has 0 aliphatic heterocycles. The summed E-state index contributed by atoms with van der Waals surface area (Å²) in [5.74, 6) is -1.41. The van der Waals surface area contributed by atoms with E-state index in [2.05, 4.69) is 5.32 Å². The third kappa shape index (κ3) is 4.24. The minimum atomic E-state index is -0.906. The quantitative estimate of drug-likeness (QED) is 0.485. The number of para-hydroxylation sites is 2. The number of carbonyl (C=O) groups is 2. The van der Waals surface area contributed by atoms with Crippen molar-refractivity contribution in [2.24, 2.45) is 0 Å². The average Bonchev–Trinajstić information content (AvgIpc) is 2.60. The number of nitro benzene ring substituents is 1. The van der Waals surface area contributed by atoms with Crippen LogP contribution in [-0.2, 0) is 16.0 Å². The van der Waals surface area contributed by atoms with Crippen LogP contribution in [0.2, 0.25) is 0 Å². The fourth-order valence-electron chi connectivity index (χ4n) is 2.65. The van der Waals surface area contributed by atoms with Crippen LogP contribution < -0.4 is 5.32 Å². The van der Waals surface area contributed by atoms with E-state index >= 15 is 0 Å². The number of hydrogen-bond donors (Lipinski definition) is 1. The highest BCUT2D eigenvalue weighted by molar-refractivity contribution is 5.98. The fraction of sp³-hybridized carbons (Fsp3) is 0.263. The van der Waals surface area contributed by atoms with Crippen molar-refractivity contribution in [2.75, 3.05) is 11.9 Å². The third-order valence-corrected chi connectivity index (χ3v) is 3.98. The van der Waals surface area contributed by atoms with E-state index in [1.165, 1.54) is 25.1 Å².